The Morgan fingerprint density at radius 1 is 1.31 bits per heavy atom. The number of hydrogen-bond acceptors (Lipinski definition) is 2. The van der Waals surface area contributed by atoms with Gasteiger partial charge in [-0.3, -0.25) is 0 Å². The van der Waals surface area contributed by atoms with Crippen LogP contribution in [0.4, 0.5) is 0 Å². The van der Waals surface area contributed by atoms with Crippen LogP contribution in [-0.4, -0.2) is 26.3 Å². The highest BCUT2D eigenvalue weighted by Gasteiger charge is 2.17. The van der Waals surface area contributed by atoms with Crippen LogP contribution in [0.25, 0.3) is 0 Å². The fourth-order valence-electron chi connectivity index (χ4n) is 1.91. The van der Waals surface area contributed by atoms with E-state index in [0.29, 0.717) is 6.04 Å². The lowest BCUT2D eigenvalue weighted by molar-refractivity contribution is 0.0678. The molecule has 0 amide bonds. The van der Waals surface area contributed by atoms with Crippen molar-refractivity contribution in [3.8, 4) is 0 Å². The predicted octanol–water partition coefficient (Wildman–Crippen LogP) is 2.85. The normalized spacial score (nSPS) is 14.8. The zero-order valence-corrected chi connectivity index (χ0v) is 12.3. The average molecular weight is 333 g/mol. The lowest BCUT2D eigenvalue weighted by atomic mass is 10.00. The smallest absolute Gasteiger partial charge is 0.0724 e. The van der Waals surface area contributed by atoms with Crippen molar-refractivity contribution in [3.05, 3.63) is 33.4 Å². The molecule has 0 aliphatic carbocycles. The Morgan fingerprint density at radius 3 is 2.38 bits per heavy atom. The number of methoxy groups -OCH3 is 1. The molecule has 1 aromatic carbocycles. The third-order valence-electron chi connectivity index (χ3n) is 2.89. The van der Waals surface area contributed by atoms with E-state index in [1.54, 1.807) is 7.11 Å². The van der Waals surface area contributed by atoms with Crippen LogP contribution in [0, 0.1) is 3.57 Å². The Hall–Kier alpha value is -0.130. The SMILES string of the molecule is CCC(OC)C(Cc1ccc(I)cc1)NC. The fraction of sp³-hybridized carbons (Fsp3) is 0.538. The van der Waals surface area contributed by atoms with Crippen LogP contribution in [0.5, 0.6) is 0 Å². The number of halogens is 1. The first-order valence-corrected chi connectivity index (χ1v) is 6.73. The standard InChI is InChI=1S/C13H20INO/c1-4-13(16-3)12(15-2)9-10-5-7-11(14)8-6-10/h5-8,12-13,15H,4,9H2,1-3H3. The van der Waals surface area contributed by atoms with Gasteiger partial charge in [-0.1, -0.05) is 19.1 Å². The molecule has 2 atom stereocenters. The molecule has 0 aliphatic heterocycles. The highest BCUT2D eigenvalue weighted by molar-refractivity contribution is 14.1. The van der Waals surface area contributed by atoms with Crippen molar-refractivity contribution in [2.75, 3.05) is 14.2 Å². The van der Waals surface area contributed by atoms with E-state index in [4.69, 9.17) is 4.74 Å². The summed E-state index contributed by atoms with van der Waals surface area (Å²) in [5.74, 6) is 0. The first kappa shape index (κ1) is 13.9. The van der Waals surface area contributed by atoms with Gasteiger partial charge < -0.3 is 10.1 Å². The highest BCUT2D eigenvalue weighted by Crippen LogP contribution is 2.12. The van der Waals surface area contributed by atoms with Crippen molar-refractivity contribution in [1.82, 2.24) is 5.32 Å². The minimum Gasteiger partial charge on any atom is -0.380 e. The van der Waals surface area contributed by atoms with Gasteiger partial charge in [0.05, 0.1) is 6.10 Å². The van der Waals surface area contributed by atoms with Gasteiger partial charge >= 0.3 is 0 Å². The quantitative estimate of drug-likeness (QED) is 0.809. The van der Waals surface area contributed by atoms with Crippen LogP contribution < -0.4 is 5.32 Å². The summed E-state index contributed by atoms with van der Waals surface area (Å²) in [7, 11) is 3.78. The lowest BCUT2D eigenvalue weighted by Crippen LogP contribution is -2.40. The van der Waals surface area contributed by atoms with E-state index in [-0.39, 0.29) is 6.10 Å². The maximum absolute atomic E-state index is 5.48. The maximum Gasteiger partial charge on any atom is 0.0724 e. The summed E-state index contributed by atoms with van der Waals surface area (Å²) in [4.78, 5) is 0. The summed E-state index contributed by atoms with van der Waals surface area (Å²) >= 11 is 2.33. The van der Waals surface area contributed by atoms with Gasteiger partial charge in [0, 0.05) is 16.7 Å². The lowest BCUT2D eigenvalue weighted by Gasteiger charge is -2.24. The van der Waals surface area contributed by atoms with Gasteiger partial charge in [-0.2, -0.15) is 0 Å². The van der Waals surface area contributed by atoms with Crippen molar-refractivity contribution in [3.63, 3.8) is 0 Å². The van der Waals surface area contributed by atoms with Crippen molar-refractivity contribution in [1.29, 1.82) is 0 Å². The Morgan fingerprint density at radius 2 is 1.94 bits per heavy atom. The first-order chi connectivity index (χ1) is 7.71. The zero-order chi connectivity index (χ0) is 12.0. The van der Waals surface area contributed by atoms with Crippen molar-refractivity contribution >= 4 is 22.6 Å². The number of likely N-dealkylation sites (N-methyl/N-ethyl adjacent to an activating group) is 1. The summed E-state index contributed by atoms with van der Waals surface area (Å²) in [5.41, 5.74) is 1.36. The minimum absolute atomic E-state index is 0.282. The third kappa shape index (κ3) is 4.03. The molecule has 0 radical (unpaired) electrons. The summed E-state index contributed by atoms with van der Waals surface area (Å²) < 4.78 is 6.76. The molecule has 2 nitrogen and oxygen atoms in total. The summed E-state index contributed by atoms with van der Waals surface area (Å²) in [6.45, 7) is 2.16. The van der Waals surface area contributed by atoms with Crippen LogP contribution in [0.2, 0.25) is 0 Å². The van der Waals surface area contributed by atoms with E-state index in [9.17, 15) is 0 Å². The Balaban J connectivity index is 2.65. The average Bonchev–Trinajstić information content (AvgIpc) is 2.32. The van der Waals surface area contributed by atoms with E-state index in [1.807, 2.05) is 7.05 Å². The van der Waals surface area contributed by atoms with Crippen LogP contribution >= 0.6 is 22.6 Å². The van der Waals surface area contributed by atoms with Gasteiger partial charge in [0.25, 0.3) is 0 Å². The highest BCUT2D eigenvalue weighted by atomic mass is 127. The van der Waals surface area contributed by atoms with Gasteiger partial charge in [-0.15, -0.1) is 0 Å². The molecule has 0 spiro atoms. The molecule has 1 aromatic rings. The molecule has 0 fully saturated rings. The number of ether oxygens (including phenoxy) is 1. The molecule has 3 heteroatoms. The second kappa shape index (κ2) is 7.25. The Labute approximate surface area is 112 Å². The van der Waals surface area contributed by atoms with Crippen molar-refractivity contribution < 1.29 is 4.74 Å². The Bertz CT molecular complexity index is 295. The number of benzene rings is 1. The number of rotatable bonds is 6. The second-order valence-corrected chi connectivity index (χ2v) is 5.15. The summed E-state index contributed by atoms with van der Waals surface area (Å²) in [6.07, 6.45) is 2.33. The molecule has 0 aliphatic rings. The van der Waals surface area contributed by atoms with Crippen molar-refractivity contribution in [2.45, 2.75) is 31.9 Å². The number of nitrogens with one attached hydrogen (secondary N) is 1. The van der Waals surface area contributed by atoms with Gasteiger partial charge in [-0.25, -0.2) is 0 Å². The first-order valence-electron chi connectivity index (χ1n) is 5.65. The molecule has 0 heterocycles. The Kier molecular flexibility index (Phi) is 6.31. The molecule has 0 saturated heterocycles. The van der Waals surface area contributed by atoms with Crippen LogP contribution in [0.15, 0.2) is 24.3 Å². The van der Waals surface area contributed by atoms with E-state index >= 15 is 0 Å². The van der Waals surface area contributed by atoms with Crippen LogP contribution in [-0.2, 0) is 11.2 Å². The topological polar surface area (TPSA) is 21.3 Å². The predicted molar refractivity (Wildman–Crippen MR) is 76.8 cm³/mol. The molecule has 1 N–H and O–H groups in total. The van der Waals surface area contributed by atoms with E-state index in [0.717, 1.165) is 12.8 Å². The minimum atomic E-state index is 0.282. The summed E-state index contributed by atoms with van der Waals surface area (Å²) in [5, 5.41) is 3.34. The summed E-state index contributed by atoms with van der Waals surface area (Å²) in [6, 6.07) is 9.06. The van der Waals surface area contributed by atoms with Crippen LogP contribution in [0.3, 0.4) is 0 Å². The molecular weight excluding hydrogens is 313 g/mol. The monoisotopic (exact) mass is 333 g/mol. The second-order valence-electron chi connectivity index (χ2n) is 3.91. The van der Waals surface area contributed by atoms with E-state index in [2.05, 4.69) is 59.1 Å². The van der Waals surface area contributed by atoms with E-state index in [1.165, 1.54) is 9.13 Å². The van der Waals surface area contributed by atoms with Gasteiger partial charge in [0.1, 0.15) is 0 Å². The molecular formula is C13H20INO. The molecule has 2 unspecified atom stereocenters. The van der Waals surface area contributed by atoms with Crippen LogP contribution in [0.1, 0.15) is 18.9 Å². The largest absolute Gasteiger partial charge is 0.380 e. The number of hydrogen-bond donors (Lipinski definition) is 1. The molecule has 0 saturated carbocycles. The third-order valence-corrected chi connectivity index (χ3v) is 3.61. The van der Waals surface area contributed by atoms with Crippen molar-refractivity contribution in [2.24, 2.45) is 0 Å². The molecule has 1 rings (SSSR count). The van der Waals surface area contributed by atoms with Gasteiger partial charge in [0.15, 0.2) is 0 Å². The molecule has 0 aromatic heterocycles. The zero-order valence-electron chi connectivity index (χ0n) is 10.2. The van der Waals surface area contributed by atoms with E-state index < -0.39 is 0 Å². The molecule has 90 valence electrons. The molecule has 16 heavy (non-hydrogen) atoms. The van der Waals surface area contributed by atoms with Gasteiger partial charge in [-0.05, 0) is 60.2 Å². The molecule has 0 bridgehead atoms. The maximum atomic E-state index is 5.48. The van der Waals surface area contributed by atoms with Gasteiger partial charge in [0.2, 0.25) is 0 Å². The fourth-order valence-corrected chi connectivity index (χ4v) is 2.27.